The lowest BCUT2D eigenvalue weighted by atomic mass is 9.99. The molecule has 0 spiro atoms. The molecule has 0 N–H and O–H groups in total. The Morgan fingerprint density at radius 2 is 1.68 bits per heavy atom. The average Bonchev–Trinajstić information content (AvgIpc) is 2.60. The molecule has 0 bridgehead atoms. The zero-order valence-electron chi connectivity index (χ0n) is 12.2. The lowest BCUT2D eigenvalue weighted by Crippen LogP contribution is -2.06. The Bertz CT molecular complexity index is 859. The van der Waals surface area contributed by atoms with E-state index in [1.807, 2.05) is 31.2 Å². The highest BCUT2D eigenvalue weighted by atomic mass is 32.2. The average molecular weight is 312 g/mol. The van der Waals surface area contributed by atoms with Gasteiger partial charge in [0.25, 0.3) is 0 Å². The van der Waals surface area contributed by atoms with E-state index < -0.39 is 9.84 Å². The molecule has 0 radical (unpaired) electrons. The van der Waals surface area contributed by atoms with Crippen LogP contribution in [0.25, 0.3) is 6.08 Å². The second kappa shape index (κ2) is 5.54. The third-order valence-electron chi connectivity index (χ3n) is 3.82. The molecular formula is C18H16O3S. The van der Waals surface area contributed by atoms with E-state index in [1.54, 1.807) is 24.3 Å². The SMILES string of the molecule is Cc1ccc(/C=C2/CCS(=O)(=O)c3ccccc3C2=O)cc1. The summed E-state index contributed by atoms with van der Waals surface area (Å²) in [7, 11) is -3.41. The first-order valence-corrected chi connectivity index (χ1v) is 8.76. The molecule has 0 unspecified atom stereocenters. The Morgan fingerprint density at radius 3 is 2.41 bits per heavy atom. The summed E-state index contributed by atoms with van der Waals surface area (Å²) in [6.07, 6.45) is 2.03. The highest BCUT2D eigenvalue weighted by Gasteiger charge is 2.28. The number of sulfone groups is 1. The first kappa shape index (κ1) is 14.7. The number of fused-ring (bicyclic) bond motifs is 1. The van der Waals surface area contributed by atoms with Crippen LogP contribution in [-0.2, 0) is 9.84 Å². The second-order valence-corrected chi connectivity index (χ2v) is 7.55. The van der Waals surface area contributed by atoms with Crippen LogP contribution in [0.5, 0.6) is 0 Å². The number of allylic oxidation sites excluding steroid dienone is 1. The molecule has 2 aromatic carbocycles. The van der Waals surface area contributed by atoms with E-state index in [2.05, 4.69) is 0 Å². The number of rotatable bonds is 1. The molecule has 2 aromatic rings. The Kier molecular flexibility index (Phi) is 3.71. The van der Waals surface area contributed by atoms with E-state index in [1.165, 1.54) is 6.07 Å². The third-order valence-corrected chi connectivity index (χ3v) is 5.58. The summed E-state index contributed by atoms with van der Waals surface area (Å²) in [5, 5.41) is 0. The van der Waals surface area contributed by atoms with Crippen LogP contribution < -0.4 is 0 Å². The fourth-order valence-electron chi connectivity index (χ4n) is 2.57. The first-order valence-electron chi connectivity index (χ1n) is 7.11. The summed E-state index contributed by atoms with van der Waals surface area (Å²) in [6, 6.07) is 14.2. The van der Waals surface area contributed by atoms with Gasteiger partial charge in [-0.05, 0) is 37.1 Å². The van der Waals surface area contributed by atoms with Gasteiger partial charge in [0.15, 0.2) is 15.6 Å². The third kappa shape index (κ3) is 2.74. The number of ketones is 1. The fraction of sp³-hybridized carbons (Fsp3) is 0.167. The van der Waals surface area contributed by atoms with Crippen molar-refractivity contribution in [2.45, 2.75) is 18.2 Å². The minimum Gasteiger partial charge on any atom is -0.289 e. The molecule has 1 heterocycles. The van der Waals surface area contributed by atoms with Crippen molar-refractivity contribution in [1.82, 2.24) is 0 Å². The van der Waals surface area contributed by atoms with Crippen LogP contribution in [0.1, 0.15) is 27.9 Å². The van der Waals surface area contributed by atoms with Gasteiger partial charge < -0.3 is 0 Å². The minimum absolute atomic E-state index is 0.0343. The number of benzene rings is 2. The summed E-state index contributed by atoms with van der Waals surface area (Å²) < 4.78 is 24.6. The summed E-state index contributed by atoms with van der Waals surface area (Å²) in [6.45, 7) is 2.00. The van der Waals surface area contributed by atoms with Crippen LogP contribution in [0, 0.1) is 6.92 Å². The topological polar surface area (TPSA) is 51.2 Å². The molecule has 3 rings (SSSR count). The lowest BCUT2D eigenvalue weighted by Gasteiger charge is -2.04. The number of Topliss-reactive ketones (excluding diaryl/α,β-unsaturated/α-hetero) is 1. The van der Waals surface area contributed by atoms with E-state index >= 15 is 0 Å². The first-order chi connectivity index (χ1) is 10.5. The molecule has 0 saturated heterocycles. The predicted octanol–water partition coefficient (Wildman–Crippen LogP) is 3.44. The highest BCUT2D eigenvalue weighted by Crippen LogP contribution is 2.28. The van der Waals surface area contributed by atoms with Crippen LogP contribution in [0.15, 0.2) is 59.0 Å². The van der Waals surface area contributed by atoms with Gasteiger partial charge in [-0.2, -0.15) is 0 Å². The van der Waals surface area contributed by atoms with Gasteiger partial charge in [-0.15, -0.1) is 0 Å². The minimum atomic E-state index is -3.41. The molecule has 0 aliphatic carbocycles. The van der Waals surface area contributed by atoms with Crippen molar-refractivity contribution in [2.75, 3.05) is 5.75 Å². The molecule has 1 aliphatic rings. The van der Waals surface area contributed by atoms with Crippen molar-refractivity contribution in [2.24, 2.45) is 0 Å². The van der Waals surface area contributed by atoms with E-state index in [-0.39, 0.29) is 28.4 Å². The Hall–Kier alpha value is -2.20. The monoisotopic (exact) mass is 312 g/mol. The predicted molar refractivity (Wildman–Crippen MR) is 86.6 cm³/mol. The van der Waals surface area contributed by atoms with Gasteiger partial charge in [-0.1, -0.05) is 42.0 Å². The second-order valence-electron chi connectivity index (χ2n) is 5.47. The van der Waals surface area contributed by atoms with Crippen molar-refractivity contribution in [3.8, 4) is 0 Å². The van der Waals surface area contributed by atoms with Gasteiger partial charge >= 0.3 is 0 Å². The molecule has 0 atom stereocenters. The van der Waals surface area contributed by atoms with Gasteiger partial charge in [0.05, 0.1) is 10.6 Å². The number of carbonyl (C=O) groups is 1. The normalized spacial score (nSPS) is 18.8. The summed E-state index contributed by atoms with van der Waals surface area (Å²) >= 11 is 0. The molecule has 0 amide bonds. The number of aryl methyl sites for hydroxylation is 1. The van der Waals surface area contributed by atoms with Crippen LogP contribution in [0.4, 0.5) is 0 Å². The van der Waals surface area contributed by atoms with E-state index in [4.69, 9.17) is 0 Å². The number of hydrogen-bond donors (Lipinski definition) is 0. The van der Waals surface area contributed by atoms with Crippen LogP contribution >= 0.6 is 0 Å². The van der Waals surface area contributed by atoms with E-state index in [0.717, 1.165) is 11.1 Å². The van der Waals surface area contributed by atoms with Gasteiger partial charge in [-0.3, -0.25) is 4.79 Å². The summed E-state index contributed by atoms with van der Waals surface area (Å²) in [5.41, 5.74) is 2.86. The molecule has 4 heteroatoms. The highest BCUT2D eigenvalue weighted by molar-refractivity contribution is 7.91. The molecule has 0 aromatic heterocycles. The van der Waals surface area contributed by atoms with Crippen LogP contribution in [0.2, 0.25) is 0 Å². The standard InChI is InChI=1S/C18H16O3S/c1-13-6-8-14(9-7-13)12-15-10-11-22(20,21)17-5-3-2-4-16(17)18(15)19/h2-9,12H,10-11H2,1H3/b15-12-. The van der Waals surface area contributed by atoms with E-state index in [0.29, 0.717) is 5.57 Å². The quantitative estimate of drug-likeness (QED) is 0.758. The van der Waals surface area contributed by atoms with Gasteiger partial charge in [0, 0.05) is 11.1 Å². The van der Waals surface area contributed by atoms with Crippen molar-refractivity contribution in [1.29, 1.82) is 0 Å². The molecule has 112 valence electrons. The maximum absolute atomic E-state index is 12.7. The molecule has 1 aliphatic heterocycles. The zero-order valence-corrected chi connectivity index (χ0v) is 13.1. The molecule has 3 nitrogen and oxygen atoms in total. The Morgan fingerprint density at radius 1 is 1.00 bits per heavy atom. The van der Waals surface area contributed by atoms with Crippen molar-refractivity contribution < 1.29 is 13.2 Å². The largest absolute Gasteiger partial charge is 0.289 e. The zero-order chi connectivity index (χ0) is 15.7. The Labute approximate surface area is 130 Å². The maximum atomic E-state index is 12.7. The summed E-state index contributed by atoms with van der Waals surface area (Å²) in [4.78, 5) is 12.8. The maximum Gasteiger partial charge on any atom is 0.190 e. The van der Waals surface area contributed by atoms with Crippen LogP contribution in [0.3, 0.4) is 0 Å². The van der Waals surface area contributed by atoms with Crippen molar-refractivity contribution >= 4 is 21.7 Å². The van der Waals surface area contributed by atoms with E-state index in [9.17, 15) is 13.2 Å². The summed E-state index contributed by atoms with van der Waals surface area (Å²) in [5.74, 6) is -0.231. The van der Waals surface area contributed by atoms with Crippen molar-refractivity contribution in [3.63, 3.8) is 0 Å². The van der Waals surface area contributed by atoms with Gasteiger partial charge in [0.2, 0.25) is 0 Å². The fourth-order valence-corrected chi connectivity index (χ4v) is 4.06. The van der Waals surface area contributed by atoms with Gasteiger partial charge in [-0.25, -0.2) is 8.42 Å². The van der Waals surface area contributed by atoms with Gasteiger partial charge in [0.1, 0.15) is 0 Å². The molecule has 0 fully saturated rings. The number of carbonyl (C=O) groups excluding carboxylic acids is 1. The van der Waals surface area contributed by atoms with Crippen molar-refractivity contribution in [3.05, 3.63) is 70.8 Å². The molecule has 22 heavy (non-hydrogen) atoms. The molecule has 0 saturated carbocycles. The molecular weight excluding hydrogens is 296 g/mol. The smallest absolute Gasteiger partial charge is 0.190 e. The van der Waals surface area contributed by atoms with Crippen LogP contribution in [-0.4, -0.2) is 20.0 Å². The Balaban J connectivity index is 2.10. The lowest BCUT2D eigenvalue weighted by molar-refractivity contribution is 0.103. The number of hydrogen-bond acceptors (Lipinski definition) is 3.